The summed E-state index contributed by atoms with van der Waals surface area (Å²) in [7, 11) is 0. The van der Waals surface area contributed by atoms with E-state index in [9.17, 15) is 8.78 Å². The first-order valence-electron chi connectivity index (χ1n) is 6.26. The Balaban J connectivity index is 2.10. The Morgan fingerprint density at radius 2 is 1.68 bits per heavy atom. The molecule has 0 radical (unpaired) electrons. The van der Waals surface area contributed by atoms with Crippen LogP contribution in [0.15, 0.2) is 12.1 Å². The maximum Gasteiger partial charge on any atom is 0.387 e. The van der Waals surface area contributed by atoms with Crippen molar-refractivity contribution in [1.29, 1.82) is 0 Å². The van der Waals surface area contributed by atoms with E-state index in [0.29, 0.717) is 6.04 Å². The second-order valence-electron chi connectivity index (χ2n) is 4.63. The van der Waals surface area contributed by atoms with E-state index in [0.717, 1.165) is 18.5 Å². The number of rotatable bonds is 4. The number of ether oxygens (including phenoxy) is 1. The van der Waals surface area contributed by atoms with Crippen molar-refractivity contribution in [3.05, 3.63) is 22.2 Å². The second kappa shape index (κ2) is 6.62. The van der Waals surface area contributed by atoms with Gasteiger partial charge in [-0.3, -0.25) is 0 Å². The largest absolute Gasteiger partial charge is 0.432 e. The molecule has 1 fully saturated rings. The first-order chi connectivity index (χ1) is 9.06. The molecule has 0 aliphatic heterocycles. The van der Waals surface area contributed by atoms with Gasteiger partial charge in [-0.1, -0.05) is 42.5 Å². The van der Waals surface area contributed by atoms with Gasteiger partial charge in [0, 0.05) is 11.7 Å². The van der Waals surface area contributed by atoms with E-state index >= 15 is 0 Å². The van der Waals surface area contributed by atoms with Crippen LogP contribution in [0.1, 0.15) is 32.1 Å². The predicted octanol–water partition coefficient (Wildman–Crippen LogP) is 5.34. The average Bonchev–Trinajstić information content (AvgIpc) is 2.35. The molecule has 0 saturated heterocycles. The highest BCUT2D eigenvalue weighted by atomic mass is 35.5. The molecule has 0 unspecified atom stereocenters. The van der Waals surface area contributed by atoms with Crippen molar-refractivity contribution in [1.82, 2.24) is 0 Å². The van der Waals surface area contributed by atoms with Gasteiger partial charge >= 0.3 is 6.61 Å². The van der Waals surface area contributed by atoms with Crippen LogP contribution in [-0.2, 0) is 0 Å². The zero-order valence-electron chi connectivity index (χ0n) is 10.3. The van der Waals surface area contributed by atoms with Crippen LogP contribution in [0.25, 0.3) is 0 Å². The van der Waals surface area contributed by atoms with Crippen molar-refractivity contribution < 1.29 is 13.5 Å². The van der Waals surface area contributed by atoms with Crippen molar-refractivity contribution in [2.24, 2.45) is 0 Å². The fraction of sp³-hybridized carbons (Fsp3) is 0.538. The van der Waals surface area contributed by atoms with Gasteiger partial charge in [0.05, 0.1) is 10.0 Å². The Bertz CT molecular complexity index is 414. The first-order valence-corrected chi connectivity index (χ1v) is 7.02. The maximum absolute atomic E-state index is 12.2. The number of alkyl halides is 2. The third-order valence-electron chi connectivity index (χ3n) is 3.18. The molecular formula is C13H15Cl2F2NO. The molecule has 19 heavy (non-hydrogen) atoms. The summed E-state index contributed by atoms with van der Waals surface area (Å²) in [4.78, 5) is 0. The van der Waals surface area contributed by atoms with E-state index in [1.54, 1.807) is 12.1 Å². The van der Waals surface area contributed by atoms with Crippen LogP contribution >= 0.6 is 23.2 Å². The number of hydrogen-bond donors (Lipinski definition) is 1. The Kier molecular flexibility index (Phi) is 5.11. The quantitative estimate of drug-likeness (QED) is 0.810. The molecule has 0 aromatic heterocycles. The van der Waals surface area contributed by atoms with Crippen LogP contribution in [0.5, 0.6) is 5.75 Å². The highest BCUT2D eigenvalue weighted by molar-refractivity contribution is 6.37. The van der Waals surface area contributed by atoms with Crippen LogP contribution in [0.2, 0.25) is 10.0 Å². The summed E-state index contributed by atoms with van der Waals surface area (Å²) in [6.07, 6.45) is 5.87. The summed E-state index contributed by atoms with van der Waals surface area (Å²) in [5.74, 6) is -0.174. The minimum atomic E-state index is -2.94. The summed E-state index contributed by atoms with van der Waals surface area (Å²) < 4.78 is 28.7. The fourth-order valence-corrected chi connectivity index (χ4v) is 2.90. The summed E-state index contributed by atoms with van der Waals surface area (Å²) in [5.41, 5.74) is 0.739. The molecule has 1 saturated carbocycles. The summed E-state index contributed by atoms with van der Waals surface area (Å²) in [6, 6.07) is 3.53. The standard InChI is InChI=1S/C13H15Cl2F2NO/c14-10-6-9(18-8-4-2-1-3-5-8)7-11(15)12(10)19-13(16)17/h6-8,13,18H,1-5H2. The highest BCUT2D eigenvalue weighted by Crippen LogP contribution is 2.37. The molecule has 0 atom stereocenters. The van der Waals surface area contributed by atoms with Crippen molar-refractivity contribution in [3.63, 3.8) is 0 Å². The number of nitrogens with one attached hydrogen (secondary N) is 1. The van der Waals surface area contributed by atoms with E-state index in [-0.39, 0.29) is 15.8 Å². The summed E-state index contributed by atoms with van der Waals surface area (Å²) in [6.45, 7) is -2.94. The molecule has 0 spiro atoms. The first kappa shape index (κ1) is 14.7. The lowest BCUT2D eigenvalue weighted by Gasteiger charge is -2.24. The van der Waals surface area contributed by atoms with E-state index < -0.39 is 6.61 Å². The molecule has 1 N–H and O–H groups in total. The van der Waals surface area contributed by atoms with Gasteiger partial charge in [-0.25, -0.2) is 0 Å². The molecule has 1 aliphatic carbocycles. The Hall–Kier alpha value is -0.740. The van der Waals surface area contributed by atoms with Crippen molar-refractivity contribution in [3.8, 4) is 5.75 Å². The van der Waals surface area contributed by atoms with Crippen LogP contribution in [-0.4, -0.2) is 12.7 Å². The zero-order chi connectivity index (χ0) is 13.8. The lowest BCUT2D eigenvalue weighted by molar-refractivity contribution is -0.0497. The van der Waals surface area contributed by atoms with E-state index in [1.165, 1.54) is 19.3 Å². The predicted molar refractivity (Wildman–Crippen MR) is 73.6 cm³/mol. The molecule has 0 heterocycles. The highest BCUT2D eigenvalue weighted by Gasteiger charge is 2.17. The monoisotopic (exact) mass is 309 g/mol. The van der Waals surface area contributed by atoms with E-state index in [4.69, 9.17) is 23.2 Å². The smallest absolute Gasteiger partial charge is 0.387 e. The van der Waals surface area contributed by atoms with Crippen LogP contribution < -0.4 is 10.1 Å². The molecule has 2 nitrogen and oxygen atoms in total. The third kappa shape index (κ3) is 4.11. The SMILES string of the molecule is FC(F)Oc1c(Cl)cc(NC2CCCCC2)cc1Cl. The van der Waals surface area contributed by atoms with Crippen LogP contribution in [0, 0.1) is 0 Å². The molecule has 1 aromatic carbocycles. The number of benzene rings is 1. The zero-order valence-corrected chi connectivity index (χ0v) is 11.8. The van der Waals surface area contributed by atoms with Gasteiger partial charge < -0.3 is 10.1 Å². The van der Waals surface area contributed by atoms with Gasteiger partial charge in [0.25, 0.3) is 0 Å². The maximum atomic E-state index is 12.2. The summed E-state index contributed by atoms with van der Waals surface area (Å²) in [5, 5.41) is 3.51. The van der Waals surface area contributed by atoms with E-state index in [1.807, 2.05) is 0 Å². The molecule has 1 aromatic rings. The number of halogens is 4. The molecule has 0 bridgehead atoms. The average molecular weight is 310 g/mol. The molecule has 6 heteroatoms. The van der Waals surface area contributed by atoms with Crippen LogP contribution in [0.3, 0.4) is 0 Å². The molecule has 106 valence electrons. The second-order valence-corrected chi connectivity index (χ2v) is 5.44. The summed E-state index contributed by atoms with van der Waals surface area (Å²) >= 11 is 11.8. The number of anilines is 1. The van der Waals surface area contributed by atoms with E-state index in [2.05, 4.69) is 10.1 Å². The van der Waals surface area contributed by atoms with Gasteiger partial charge in [0.15, 0.2) is 5.75 Å². The van der Waals surface area contributed by atoms with Gasteiger partial charge in [-0.15, -0.1) is 0 Å². The van der Waals surface area contributed by atoms with Crippen molar-refractivity contribution >= 4 is 28.9 Å². The normalized spacial score (nSPS) is 16.7. The van der Waals surface area contributed by atoms with Crippen molar-refractivity contribution in [2.75, 3.05) is 5.32 Å². The molecular weight excluding hydrogens is 295 g/mol. The molecule has 2 rings (SSSR count). The lowest BCUT2D eigenvalue weighted by atomic mass is 9.95. The third-order valence-corrected chi connectivity index (χ3v) is 3.74. The lowest BCUT2D eigenvalue weighted by Crippen LogP contribution is -2.22. The fourth-order valence-electron chi connectivity index (χ4n) is 2.33. The molecule has 1 aliphatic rings. The minimum absolute atomic E-state index is 0.0890. The van der Waals surface area contributed by atoms with Gasteiger partial charge in [0.1, 0.15) is 0 Å². The number of hydrogen-bond acceptors (Lipinski definition) is 2. The Morgan fingerprint density at radius 3 is 2.21 bits per heavy atom. The van der Waals surface area contributed by atoms with Gasteiger partial charge in [-0.05, 0) is 25.0 Å². The molecule has 0 amide bonds. The minimum Gasteiger partial charge on any atom is -0.432 e. The Morgan fingerprint density at radius 1 is 1.11 bits per heavy atom. The van der Waals surface area contributed by atoms with Crippen molar-refractivity contribution in [2.45, 2.75) is 44.8 Å². The topological polar surface area (TPSA) is 21.3 Å². The van der Waals surface area contributed by atoms with Gasteiger partial charge in [-0.2, -0.15) is 8.78 Å². The van der Waals surface area contributed by atoms with Gasteiger partial charge in [0.2, 0.25) is 0 Å². The Labute approximate surface area is 121 Å². The van der Waals surface area contributed by atoms with Crippen LogP contribution in [0.4, 0.5) is 14.5 Å².